The largest absolute Gasteiger partial charge is 0.397 e. The molecule has 0 atom stereocenters. The number of carbonyl (C=O) groups is 3. The van der Waals surface area contributed by atoms with Crippen molar-refractivity contribution in [3.8, 4) is 135 Å². The quantitative estimate of drug-likeness (QED) is 0.0377. The van der Waals surface area contributed by atoms with Crippen LogP contribution in [0.3, 0.4) is 0 Å². The number of rotatable bonds is 17. The number of aromatic nitrogens is 24. The molecule has 1 aliphatic rings. The third-order valence-corrected chi connectivity index (χ3v) is 26.1. The highest BCUT2D eigenvalue weighted by molar-refractivity contribution is 6.07. The second-order valence-corrected chi connectivity index (χ2v) is 37.3. The second kappa shape index (κ2) is 39.9. The second-order valence-electron chi connectivity index (χ2n) is 37.3. The van der Waals surface area contributed by atoms with Gasteiger partial charge >= 0.3 is 0 Å². The average Bonchev–Trinajstić information content (AvgIpc) is 1.63. The standard InChI is InChI=1S/C31H26FN7O.C31H20FN7O.C29H24FN7O.C24H16FN7/c32-22-8-4-7-20(11-22)25-16-34-17-27-28(25)37-30(36-27)29-24-13-19(9-10-26(24)38-39-29)21-12-23(15-33-14-21)35-31(40)18-5-2-1-3-6-18;32-22-9-6-18(7-10-22)25-16-34-17-27-28(25)37-30(36-27)29-24-13-20(8-11-26(24)38-39-29)21-12-23(15-33-14-21)35-31(40)19-4-2-1-3-5-19;1-29(2,3)28(38)33-20-10-18(12-31-13-20)17-6-9-23-21(11-17)26(37-36-23)27-34-24-15-32-14-22(25(24)35-27)16-4-7-19(30)8-5-16;25-16-4-1-13(2-5-16)19-11-28-12-21-22(19)30-24(29-21)23-18-8-14(3-6-20(18)31-32-23)15-7-17(26)10-27-9-15/h4,7-18H,1-3,5-6H2,(H,35,40)(H,36,37)(H,38,39);1-17H,(H,35,40)(H,36,37)(H,38,39);4-15H,1-3H3,(H,33,38)(H,34,35)(H,36,37);1-12H,26H2,(H,29,30)(H,31,32). The lowest BCUT2D eigenvalue weighted by Gasteiger charge is -2.20. The Balaban J connectivity index is 0.000000110. The molecule has 9 aromatic carbocycles. The van der Waals surface area contributed by atoms with Crippen LogP contribution in [-0.4, -0.2) is 138 Å². The SMILES string of the molecule is CC(C)(C)C(=O)Nc1cncc(-c2ccc3[nH]nc(-c4nc5c(-c6ccc(F)cc6)cncc5[nH]4)c3c2)c1.Nc1cncc(-c2ccc3[nH]nc(-c4nc5c(-c6ccc(F)cc6)cncc5[nH]4)c3c2)c1.O=C(Nc1cncc(-c2ccc3[nH]nc(-c4nc5c(-c6ccc(F)cc6)cncc5[nH]4)c3c2)c1)c1ccccc1.O=C(Nc1cncc(-c2ccc3[nH]nc(-c4nc5c(-c6cccc(F)c6)cncc5[nH]4)c3c2)c1)C1CCCCC1. The molecule has 31 nitrogen and oxygen atoms in total. The maximum absolute atomic E-state index is 13.9. The molecule has 0 radical (unpaired) electrons. The molecule has 0 aliphatic heterocycles. The number of benzene rings is 9. The molecule has 13 N–H and O–H groups in total. The predicted molar refractivity (Wildman–Crippen MR) is 573 cm³/mol. The number of nitrogens with two attached hydrogens (primary N) is 1. The van der Waals surface area contributed by atoms with Crippen molar-refractivity contribution in [2.24, 2.45) is 11.3 Å². The topological polar surface area (TPSA) is 446 Å². The van der Waals surface area contributed by atoms with E-state index in [1.807, 2.05) is 142 Å². The fraction of sp³-hybridized carbons (Fsp3) is 0.0870. The first-order valence-electron chi connectivity index (χ1n) is 48.0. The lowest BCUT2D eigenvalue weighted by atomic mass is 9.88. The Kier molecular flexibility index (Phi) is 24.9. The Morgan fingerprint density at radius 1 is 0.300 bits per heavy atom. The number of aromatic amines is 8. The van der Waals surface area contributed by atoms with Crippen LogP contribution >= 0.6 is 0 Å². The van der Waals surface area contributed by atoms with Crippen molar-refractivity contribution >= 4 is 128 Å². The highest BCUT2D eigenvalue weighted by Gasteiger charge is 2.28. The molecule has 1 aliphatic carbocycles. The minimum Gasteiger partial charge on any atom is -0.397 e. The van der Waals surface area contributed by atoms with Crippen molar-refractivity contribution in [2.45, 2.75) is 52.9 Å². The number of imidazole rings is 4. The Morgan fingerprint density at radius 2 is 0.633 bits per heavy atom. The summed E-state index contributed by atoms with van der Waals surface area (Å²) in [6.45, 7) is 5.60. The summed E-state index contributed by atoms with van der Waals surface area (Å²) in [7, 11) is 0. The predicted octanol–water partition coefficient (Wildman–Crippen LogP) is 24.8. The van der Waals surface area contributed by atoms with Gasteiger partial charge in [-0.25, -0.2) is 37.5 Å². The van der Waals surface area contributed by atoms with Gasteiger partial charge in [0, 0.05) is 139 Å². The van der Waals surface area contributed by atoms with Gasteiger partial charge < -0.3 is 41.6 Å². The lowest BCUT2D eigenvalue weighted by Crippen LogP contribution is -2.27. The molecule has 1 saturated carbocycles. The summed E-state index contributed by atoms with van der Waals surface area (Å²) in [5.74, 6) is 1.02. The van der Waals surface area contributed by atoms with Crippen LogP contribution in [0.2, 0.25) is 0 Å². The van der Waals surface area contributed by atoms with Gasteiger partial charge in [-0.05, 0) is 191 Å². The Bertz CT molecular complexity index is 9450. The van der Waals surface area contributed by atoms with Gasteiger partial charge in [0.05, 0.1) is 132 Å². The van der Waals surface area contributed by atoms with Crippen LogP contribution in [0.15, 0.2) is 324 Å². The first kappa shape index (κ1) is 93.5. The number of amides is 3. The Hall–Kier alpha value is -20.1. The van der Waals surface area contributed by atoms with E-state index in [-0.39, 0.29) is 46.9 Å². The highest BCUT2D eigenvalue weighted by Crippen LogP contribution is 2.42. The number of halogens is 4. The van der Waals surface area contributed by atoms with E-state index in [0.717, 1.165) is 191 Å². The number of carbonyl (C=O) groups excluding carboxylic acids is 3. The Labute approximate surface area is 849 Å². The number of nitrogen functional groups attached to an aromatic ring is 1. The maximum Gasteiger partial charge on any atom is 0.255 e. The number of hydrogen-bond donors (Lipinski definition) is 12. The van der Waals surface area contributed by atoms with Gasteiger partial charge in [0.1, 0.15) is 46.0 Å². The molecule has 0 saturated heterocycles. The summed E-state index contributed by atoms with van der Waals surface area (Å²) in [5.41, 5.74) is 34.0. The van der Waals surface area contributed by atoms with Crippen molar-refractivity contribution < 1.29 is 31.9 Å². The van der Waals surface area contributed by atoms with Crippen LogP contribution in [0.1, 0.15) is 63.2 Å². The number of anilines is 4. The first-order valence-corrected chi connectivity index (χ1v) is 48.0. The molecule has 0 spiro atoms. The monoisotopic (exact) mass is 1980 g/mol. The zero-order valence-corrected chi connectivity index (χ0v) is 80.2. The minimum absolute atomic E-state index is 0.0719. The van der Waals surface area contributed by atoms with Crippen LogP contribution in [-0.2, 0) is 9.59 Å². The number of pyridine rings is 8. The van der Waals surface area contributed by atoms with Gasteiger partial charge in [0.2, 0.25) is 11.8 Å². The van der Waals surface area contributed by atoms with Crippen LogP contribution in [0.4, 0.5) is 40.3 Å². The molecule has 0 bridgehead atoms. The minimum atomic E-state index is -0.515. The number of fused-ring (bicyclic) bond motifs is 8. The maximum atomic E-state index is 13.9. The van der Waals surface area contributed by atoms with Crippen LogP contribution < -0.4 is 21.7 Å². The van der Waals surface area contributed by atoms with Crippen LogP contribution in [0.5, 0.6) is 0 Å². The fourth-order valence-electron chi connectivity index (χ4n) is 18.4. The molecule has 16 heterocycles. The average molecular weight is 1980 g/mol. The molecule has 732 valence electrons. The summed E-state index contributed by atoms with van der Waals surface area (Å²) in [4.78, 5) is 105. The van der Waals surface area contributed by atoms with Gasteiger partial charge in [0.15, 0.2) is 23.3 Å². The Morgan fingerprint density at radius 3 is 0.993 bits per heavy atom. The normalized spacial score (nSPS) is 12.2. The molecule has 26 rings (SSSR count). The number of hydrogen-bond acceptors (Lipinski definition) is 20. The van der Waals surface area contributed by atoms with Gasteiger partial charge in [-0.15, -0.1) is 0 Å². The van der Waals surface area contributed by atoms with Gasteiger partial charge in [-0.1, -0.05) is 131 Å². The van der Waals surface area contributed by atoms with E-state index in [9.17, 15) is 31.9 Å². The molecule has 16 aromatic heterocycles. The van der Waals surface area contributed by atoms with Crippen molar-refractivity contribution in [1.29, 1.82) is 0 Å². The van der Waals surface area contributed by atoms with Crippen LogP contribution in [0, 0.1) is 34.6 Å². The number of nitrogens with zero attached hydrogens (tertiary/aromatic N) is 16. The van der Waals surface area contributed by atoms with Crippen LogP contribution in [0.25, 0.3) is 223 Å². The molecular weight excluding hydrogens is 1900 g/mol. The van der Waals surface area contributed by atoms with E-state index in [4.69, 9.17) is 25.7 Å². The smallest absolute Gasteiger partial charge is 0.255 e. The van der Waals surface area contributed by atoms with Gasteiger partial charge in [-0.2, -0.15) is 20.4 Å². The molecule has 1 fully saturated rings. The molecule has 3 amide bonds. The zero-order chi connectivity index (χ0) is 102. The molecule has 150 heavy (non-hydrogen) atoms. The summed E-state index contributed by atoms with van der Waals surface area (Å²) in [6.07, 6.45) is 32.6. The van der Waals surface area contributed by atoms with E-state index >= 15 is 0 Å². The van der Waals surface area contributed by atoms with Crippen molar-refractivity contribution in [3.05, 3.63) is 352 Å². The van der Waals surface area contributed by atoms with E-state index < -0.39 is 5.41 Å². The van der Waals surface area contributed by atoms with E-state index in [1.165, 1.54) is 55.0 Å². The summed E-state index contributed by atoms with van der Waals surface area (Å²) in [5, 5.41) is 42.9. The van der Waals surface area contributed by atoms with Crippen molar-refractivity contribution in [1.82, 2.24) is 121 Å². The van der Waals surface area contributed by atoms with E-state index in [0.29, 0.717) is 85.5 Å². The van der Waals surface area contributed by atoms with E-state index in [2.05, 4.69) is 117 Å². The summed E-state index contributed by atoms with van der Waals surface area (Å²) >= 11 is 0. The molecule has 25 aromatic rings. The summed E-state index contributed by atoms with van der Waals surface area (Å²) in [6, 6.07) is 65.8. The van der Waals surface area contributed by atoms with Gasteiger partial charge in [0.25, 0.3) is 5.91 Å². The molecule has 35 heteroatoms. The summed E-state index contributed by atoms with van der Waals surface area (Å²) < 4.78 is 54.2. The third kappa shape index (κ3) is 19.4. The van der Waals surface area contributed by atoms with Crippen molar-refractivity contribution in [3.63, 3.8) is 0 Å². The van der Waals surface area contributed by atoms with Gasteiger partial charge in [-0.3, -0.25) is 74.7 Å². The first-order chi connectivity index (χ1) is 73.1. The molecular formula is C115H86F4N28O3. The number of nitrogens with one attached hydrogen (secondary N) is 11. The van der Waals surface area contributed by atoms with Crippen molar-refractivity contribution in [2.75, 3.05) is 21.7 Å². The number of H-pyrrole nitrogens is 8. The van der Waals surface area contributed by atoms with E-state index in [1.54, 1.807) is 154 Å². The fourth-order valence-corrected chi connectivity index (χ4v) is 18.4. The molecule has 0 unspecified atom stereocenters. The zero-order valence-electron chi connectivity index (χ0n) is 80.2. The highest BCUT2D eigenvalue weighted by atomic mass is 19.1. The third-order valence-electron chi connectivity index (χ3n) is 26.1. The lowest BCUT2D eigenvalue weighted by molar-refractivity contribution is -0.123.